The second-order valence-corrected chi connectivity index (χ2v) is 19.6. The summed E-state index contributed by atoms with van der Waals surface area (Å²) in [5.74, 6) is 0. The predicted octanol–water partition coefficient (Wildman–Crippen LogP) is 14.0. The summed E-state index contributed by atoms with van der Waals surface area (Å²) >= 11 is 0. The molecule has 14 nitrogen and oxygen atoms in total. The summed E-state index contributed by atoms with van der Waals surface area (Å²) < 4.78 is 8.11. The Morgan fingerprint density at radius 1 is 0.244 bits per heavy atom. The van der Waals surface area contributed by atoms with Crippen molar-refractivity contribution in [2.45, 2.75) is 0 Å². The molecule has 0 radical (unpaired) electrons. The van der Waals surface area contributed by atoms with E-state index in [1.165, 1.54) is 0 Å². The van der Waals surface area contributed by atoms with Gasteiger partial charge in [0, 0.05) is 61.0 Å². The van der Waals surface area contributed by atoms with Crippen LogP contribution in [0.25, 0.3) is 121 Å². The Labute approximate surface area is 464 Å². The number of aromatic nitrogens is 5. The Morgan fingerprint density at radius 3 is 0.720 bits per heavy atom. The van der Waals surface area contributed by atoms with Crippen molar-refractivity contribution in [3.8, 4) is 88.5 Å². The first kappa shape index (κ1) is 47.2. The molecule has 0 aliphatic heterocycles. The lowest BCUT2D eigenvalue weighted by Gasteiger charge is -2.29. The van der Waals surface area contributed by atoms with E-state index in [0.717, 1.165) is 0 Å². The van der Waals surface area contributed by atoms with Crippen molar-refractivity contribution in [2.24, 2.45) is 0 Å². The second-order valence-electron chi connectivity index (χ2n) is 19.6. The van der Waals surface area contributed by atoms with E-state index in [4.69, 9.17) is 0 Å². The van der Waals surface area contributed by atoms with Gasteiger partial charge in [0.05, 0.1) is 160 Å². The Morgan fingerprint density at radius 2 is 0.476 bits per heavy atom. The number of fused-ring (bicyclic) bond motifs is 12. The zero-order valence-electron chi connectivity index (χ0n) is 42.4. The van der Waals surface area contributed by atoms with Gasteiger partial charge < -0.3 is 18.3 Å². The van der Waals surface area contributed by atoms with E-state index in [0.29, 0.717) is 166 Å². The first-order valence-corrected chi connectivity index (χ1v) is 25.4. The van der Waals surface area contributed by atoms with Gasteiger partial charge in [0.15, 0.2) is 0 Å². The lowest BCUT2D eigenvalue weighted by Crippen LogP contribution is -2.16. The van der Waals surface area contributed by atoms with E-state index in [1.807, 2.05) is 74.4 Å². The van der Waals surface area contributed by atoms with Crippen LogP contribution < -0.4 is 0 Å². The fourth-order valence-corrected chi connectivity index (χ4v) is 12.1. The number of rotatable bonds is 5. The summed E-state index contributed by atoms with van der Waals surface area (Å²) in [6.07, 6.45) is 3.33. The minimum atomic E-state index is 0.127. The number of hydrogen-bond donors (Lipinski definition) is 0. The molecule has 0 atom stereocenters. The molecule has 0 spiro atoms. The van der Waals surface area contributed by atoms with E-state index in [-0.39, 0.29) is 5.56 Å². The Balaban J connectivity index is 1.38. The zero-order chi connectivity index (χ0) is 56.1. The van der Waals surface area contributed by atoms with Crippen LogP contribution in [0.5, 0.6) is 0 Å². The number of nitriles is 9. The standard InChI is InChI=1S/C68H28N14/c69-29-38-1-9-56-47(21-38)48-22-39(30-70)2-10-57(48)79(56)65-55(37-77)66(80-58-11-3-40(31-71)23-49(58)50-24-41(32-72)4-12-59(50)80)68(82-62-15-7-44(35-75)27-53(62)54-28-45(36-76)8-16-63(54)82)67(64(65)46-17-19-78-20-18-46)81-60-13-5-42(33-73)25-51(60)52-26-43(34-74)6-14-61(52)81/h1-28H. The predicted molar refractivity (Wildman–Crippen MR) is 309 cm³/mol. The Kier molecular flexibility index (Phi) is 10.3. The number of pyridine rings is 1. The van der Waals surface area contributed by atoms with Crippen LogP contribution in [0.15, 0.2) is 170 Å². The van der Waals surface area contributed by atoms with E-state index in [2.05, 4.69) is 64.2 Å². The molecule has 82 heavy (non-hydrogen) atoms. The lowest BCUT2D eigenvalue weighted by atomic mass is 9.93. The van der Waals surface area contributed by atoms with E-state index >= 15 is 0 Å². The van der Waals surface area contributed by atoms with Gasteiger partial charge in [-0.3, -0.25) is 4.98 Å². The molecule has 0 amide bonds. The maximum absolute atomic E-state index is 12.7. The van der Waals surface area contributed by atoms with Crippen LogP contribution in [-0.2, 0) is 0 Å². The summed E-state index contributed by atoms with van der Waals surface area (Å²) in [5, 5.41) is 101. The van der Waals surface area contributed by atoms with E-state index in [1.54, 1.807) is 109 Å². The summed E-state index contributed by atoms with van der Waals surface area (Å²) in [6, 6.07) is 67.5. The first-order chi connectivity index (χ1) is 40.3. The van der Waals surface area contributed by atoms with Crippen molar-refractivity contribution >= 4 is 87.2 Å². The molecule has 0 saturated heterocycles. The highest BCUT2D eigenvalue weighted by Crippen LogP contribution is 2.52. The molecule has 14 rings (SSSR count). The van der Waals surface area contributed by atoms with E-state index in [9.17, 15) is 47.4 Å². The van der Waals surface area contributed by atoms with Crippen LogP contribution in [0.3, 0.4) is 0 Å². The molecule has 14 aromatic rings. The van der Waals surface area contributed by atoms with Crippen LogP contribution in [0, 0.1) is 102 Å². The van der Waals surface area contributed by atoms with Gasteiger partial charge in [-0.25, -0.2) is 0 Å². The van der Waals surface area contributed by atoms with Crippen LogP contribution in [-0.4, -0.2) is 23.3 Å². The van der Waals surface area contributed by atoms with Crippen LogP contribution in [0.4, 0.5) is 0 Å². The lowest BCUT2D eigenvalue weighted by molar-refractivity contribution is 1.03. The highest BCUT2D eigenvalue weighted by atomic mass is 15.1. The minimum absolute atomic E-state index is 0.127. The summed E-state index contributed by atoms with van der Waals surface area (Å²) in [7, 11) is 0. The molecule has 0 bridgehead atoms. The largest absolute Gasteiger partial charge is 0.307 e. The topological polar surface area (TPSA) is 247 Å². The second kappa shape index (κ2) is 17.9. The molecule has 0 saturated carbocycles. The molecule has 0 aliphatic carbocycles. The fraction of sp³-hybridized carbons (Fsp3) is 0. The highest BCUT2D eigenvalue weighted by Gasteiger charge is 2.35. The molecule has 0 fully saturated rings. The van der Waals surface area contributed by atoms with Crippen molar-refractivity contribution in [3.05, 3.63) is 220 Å². The monoisotopic (exact) mass is 1040 g/mol. The molecule has 5 heterocycles. The molecule has 0 N–H and O–H groups in total. The van der Waals surface area contributed by atoms with Crippen molar-refractivity contribution in [1.82, 2.24) is 23.3 Å². The average Bonchev–Trinajstić information content (AvgIpc) is 2.54. The molecule has 0 unspecified atom stereocenters. The van der Waals surface area contributed by atoms with Gasteiger partial charge in [0.1, 0.15) is 11.6 Å². The molecular weight excluding hydrogens is 1010 g/mol. The van der Waals surface area contributed by atoms with Crippen LogP contribution in [0.1, 0.15) is 50.1 Å². The molecular formula is C68H28N14. The first-order valence-electron chi connectivity index (χ1n) is 25.4. The summed E-state index contributed by atoms with van der Waals surface area (Å²) in [6.45, 7) is 0. The zero-order valence-corrected chi connectivity index (χ0v) is 42.4. The molecule has 14 heteroatoms. The van der Waals surface area contributed by atoms with Gasteiger partial charge in [0.2, 0.25) is 0 Å². The molecule has 0 aliphatic rings. The van der Waals surface area contributed by atoms with Crippen molar-refractivity contribution in [3.63, 3.8) is 0 Å². The van der Waals surface area contributed by atoms with Crippen LogP contribution in [0.2, 0.25) is 0 Å². The van der Waals surface area contributed by atoms with Gasteiger partial charge in [-0.05, 0) is 163 Å². The summed E-state index contributed by atoms with van der Waals surface area (Å²) in [5.41, 5.74) is 10.4. The Hall–Kier alpha value is -13.3. The van der Waals surface area contributed by atoms with Crippen molar-refractivity contribution in [2.75, 3.05) is 0 Å². The molecule has 5 aromatic heterocycles. The number of benzene rings is 9. The Bertz CT molecular complexity index is 5420. The van der Waals surface area contributed by atoms with Gasteiger partial charge in [0.25, 0.3) is 0 Å². The SMILES string of the molecule is N#Cc1ccc2c(c1)c1cc(C#N)ccc1n2-c1c(C#N)c(-n2c3ccc(C#N)cc3c3cc(C#N)ccc32)c(-n2c3ccc(C#N)cc3c3cc(C#N)ccc32)c(-n2c3ccc(C#N)cc3c3cc(C#N)ccc32)c1-c1ccncc1. The maximum atomic E-state index is 12.7. The minimum Gasteiger partial charge on any atom is -0.307 e. The maximum Gasteiger partial charge on any atom is 0.104 e. The van der Waals surface area contributed by atoms with Gasteiger partial charge in [-0.2, -0.15) is 47.4 Å². The third-order valence-electron chi connectivity index (χ3n) is 15.5. The van der Waals surface area contributed by atoms with Crippen molar-refractivity contribution in [1.29, 1.82) is 47.4 Å². The third-order valence-corrected chi connectivity index (χ3v) is 15.5. The smallest absolute Gasteiger partial charge is 0.104 e. The van der Waals surface area contributed by atoms with Gasteiger partial charge in [-0.15, -0.1) is 0 Å². The quantitative estimate of drug-likeness (QED) is 0.158. The van der Waals surface area contributed by atoms with Crippen LogP contribution >= 0.6 is 0 Å². The number of nitrogens with zero attached hydrogens (tertiary/aromatic N) is 14. The van der Waals surface area contributed by atoms with Crippen molar-refractivity contribution < 1.29 is 0 Å². The summed E-state index contributed by atoms with van der Waals surface area (Å²) in [4.78, 5) is 4.51. The molecule has 9 aromatic carbocycles. The normalized spacial score (nSPS) is 11.1. The molecule has 370 valence electrons. The number of hydrogen-bond acceptors (Lipinski definition) is 10. The van der Waals surface area contributed by atoms with Gasteiger partial charge in [-0.1, -0.05) is 0 Å². The highest BCUT2D eigenvalue weighted by molar-refractivity contribution is 6.18. The average molecular weight is 1040 g/mol. The fourth-order valence-electron chi connectivity index (χ4n) is 12.1. The third kappa shape index (κ3) is 6.62. The van der Waals surface area contributed by atoms with Gasteiger partial charge >= 0.3 is 0 Å². The van der Waals surface area contributed by atoms with E-state index < -0.39 is 0 Å².